The number of benzene rings is 2. The number of hydrogen-bond acceptors (Lipinski definition) is 2. The van der Waals surface area contributed by atoms with Crippen LogP contribution in [0.25, 0.3) is 0 Å². The lowest BCUT2D eigenvalue weighted by Gasteiger charge is -2.24. The molecule has 25 heavy (non-hydrogen) atoms. The van der Waals surface area contributed by atoms with E-state index in [1.807, 2.05) is 0 Å². The first-order valence-corrected chi connectivity index (χ1v) is 8.45. The van der Waals surface area contributed by atoms with E-state index in [4.69, 9.17) is 11.6 Å². The van der Waals surface area contributed by atoms with Gasteiger partial charge in [0.1, 0.15) is 5.82 Å². The second-order valence-corrected chi connectivity index (χ2v) is 6.57. The van der Waals surface area contributed by atoms with Gasteiger partial charge in [-0.25, -0.2) is 4.39 Å². The molecule has 2 aromatic carbocycles. The van der Waals surface area contributed by atoms with Gasteiger partial charge in [0, 0.05) is 18.0 Å². The zero-order valence-electron chi connectivity index (χ0n) is 13.8. The Morgan fingerprint density at radius 2 is 1.88 bits per heavy atom. The lowest BCUT2D eigenvalue weighted by Crippen LogP contribution is -2.32. The fourth-order valence-corrected chi connectivity index (χ4v) is 2.88. The van der Waals surface area contributed by atoms with Crippen LogP contribution in [0.15, 0.2) is 42.5 Å². The molecule has 0 heterocycles. The van der Waals surface area contributed by atoms with E-state index in [0.29, 0.717) is 16.4 Å². The summed E-state index contributed by atoms with van der Waals surface area (Å²) in [7, 11) is 0. The summed E-state index contributed by atoms with van der Waals surface area (Å²) in [6, 6.07) is 11.1. The fraction of sp³-hybridized carbons (Fsp3) is 0.263. The van der Waals surface area contributed by atoms with Crippen LogP contribution in [-0.2, 0) is 16.0 Å². The monoisotopic (exact) mass is 360 g/mol. The number of anilines is 2. The zero-order valence-corrected chi connectivity index (χ0v) is 14.5. The minimum atomic E-state index is -0.468. The van der Waals surface area contributed by atoms with Crippen LogP contribution in [0.4, 0.5) is 15.8 Å². The highest BCUT2D eigenvalue weighted by atomic mass is 35.5. The molecule has 6 heteroatoms. The maximum atomic E-state index is 13.7. The highest BCUT2D eigenvalue weighted by Crippen LogP contribution is 2.36. The molecule has 1 aliphatic carbocycles. The first-order valence-electron chi connectivity index (χ1n) is 8.07. The van der Waals surface area contributed by atoms with Gasteiger partial charge in [-0.2, -0.15) is 0 Å². The van der Waals surface area contributed by atoms with E-state index in [9.17, 15) is 14.0 Å². The number of nitrogens with one attached hydrogen (secondary N) is 1. The number of rotatable bonds is 5. The third kappa shape index (κ3) is 4.37. The molecular weight excluding hydrogens is 343 g/mol. The molecule has 1 saturated carbocycles. The van der Waals surface area contributed by atoms with Gasteiger partial charge in [0.25, 0.3) is 0 Å². The summed E-state index contributed by atoms with van der Waals surface area (Å²) in [6.45, 7) is 1.47. The predicted octanol–water partition coefficient (Wildman–Crippen LogP) is 4.18. The smallest absolute Gasteiger partial charge is 0.228 e. The van der Waals surface area contributed by atoms with Crippen LogP contribution in [0.3, 0.4) is 0 Å². The minimum Gasteiger partial charge on any atom is -0.324 e. The number of carbonyl (C=O) groups excluding carboxylic acids is 2. The molecule has 0 saturated heterocycles. The summed E-state index contributed by atoms with van der Waals surface area (Å²) in [4.78, 5) is 25.9. The molecule has 1 N–H and O–H groups in total. The molecule has 2 aromatic rings. The number of halogens is 2. The molecule has 1 aliphatic rings. The Hall–Kier alpha value is -2.40. The molecule has 0 radical (unpaired) electrons. The van der Waals surface area contributed by atoms with Crippen LogP contribution < -0.4 is 10.2 Å². The first-order chi connectivity index (χ1) is 11.9. The molecule has 0 aliphatic heterocycles. The van der Waals surface area contributed by atoms with Crippen molar-refractivity contribution in [1.82, 2.24) is 0 Å². The molecule has 2 amide bonds. The summed E-state index contributed by atoms with van der Waals surface area (Å²) in [6.07, 6.45) is 1.96. The molecule has 0 unspecified atom stereocenters. The van der Waals surface area contributed by atoms with Crippen LogP contribution in [0, 0.1) is 5.82 Å². The summed E-state index contributed by atoms with van der Waals surface area (Å²) in [5, 5.41) is 3.32. The van der Waals surface area contributed by atoms with Crippen LogP contribution >= 0.6 is 11.6 Å². The maximum absolute atomic E-state index is 13.7. The standard InChI is InChI=1S/C19H18ClFN2O2/c1-12(24)23(16-7-8-16)18-9-6-15(21)11-17(18)22-19(25)10-13-2-4-14(20)5-3-13/h2-6,9,11,16H,7-8,10H2,1H3,(H,22,25). The predicted molar refractivity (Wildman–Crippen MR) is 96.4 cm³/mol. The number of amides is 2. The Bertz CT molecular complexity index is 804. The van der Waals surface area contributed by atoms with E-state index in [-0.39, 0.29) is 24.3 Å². The number of carbonyl (C=O) groups is 2. The van der Waals surface area contributed by atoms with Crippen molar-refractivity contribution in [3.63, 3.8) is 0 Å². The first kappa shape index (κ1) is 17.4. The highest BCUT2D eigenvalue weighted by Gasteiger charge is 2.33. The summed E-state index contributed by atoms with van der Waals surface area (Å²) < 4.78 is 13.7. The Morgan fingerprint density at radius 1 is 1.20 bits per heavy atom. The number of hydrogen-bond donors (Lipinski definition) is 1. The third-order valence-corrected chi connectivity index (χ3v) is 4.27. The Morgan fingerprint density at radius 3 is 2.48 bits per heavy atom. The topological polar surface area (TPSA) is 49.4 Å². The maximum Gasteiger partial charge on any atom is 0.228 e. The van der Waals surface area contributed by atoms with Gasteiger partial charge in [0.2, 0.25) is 11.8 Å². The molecule has 0 bridgehead atoms. The minimum absolute atomic E-state index is 0.120. The van der Waals surface area contributed by atoms with E-state index in [0.717, 1.165) is 18.4 Å². The Balaban J connectivity index is 1.81. The van der Waals surface area contributed by atoms with Crippen molar-refractivity contribution in [2.24, 2.45) is 0 Å². The van der Waals surface area contributed by atoms with Crippen molar-refractivity contribution in [2.45, 2.75) is 32.2 Å². The van der Waals surface area contributed by atoms with Crippen LogP contribution in [0.5, 0.6) is 0 Å². The third-order valence-electron chi connectivity index (χ3n) is 4.02. The lowest BCUT2D eigenvalue weighted by molar-refractivity contribution is -0.117. The van der Waals surface area contributed by atoms with Gasteiger partial charge in [-0.3, -0.25) is 9.59 Å². The summed E-state index contributed by atoms with van der Waals surface area (Å²) >= 11 is 5.84. The molecular formula is C19H18ClFN2O2. The van der Waals surface area contributed by atoms with Crippen LogP contribution in [-0.4, -0.2) is 17.9 Å². The van der Waals surface area contributed by atoms with Crippen molar-refractivity contribution in [2.75, 3.05) is 10.2 Å². The quantitative estimate of drug-likeness (QED) is 0.869. The van der Waals surface area contributed by atoms with Crippen molar-refractivity contribution in [3.05, 3.63) is 58.9 Å². The summed E-state index contributed by atoms with van der Waals surface area (Å²) in [5.41, 5.74) is 1.63. The average Bonchev–Trinajstić information content (AvgIpc) is 3.36. The van der Waals surface area contributed by atoms with Crippen molar-refractivity contribution in [3.8, 4) is 0 Å². The average molecular weight is 361 g/mol. The SMILES string of the molecule is CC(=O)N(c1ccc(F)cc1NC(=O)Cc1ccc(Cl)cc1)C1CC1. The van der Waals surface area contributed by atoms with Crippen molar-refractivity contribution in [1.29, 1.82) is 0 Å². The molecule has 3 rings (SSSR count). The van der Waals surface area contributed by atoms with Crippen molar-refractivity contribution >= 4 is 34.8 Å². The van der Waals surface area contributed by atoms with Crippen LogP contribution in [0.2, 0.25) is 5.02 Å². The van der Waals surface area contributed by atoms with Crippen molar-refractivity contribution < 1.29 is 14.0 Å². The molecule has 1 fully saturated rings. The number of nitrogens with zero attached hydrogens (tertiary/aromatic N) is 1. The zero-order chi connectivity index (χ0) is 18.0. The van der Waals surface area contributed by atoms with E-state index < -0.39 is 5.82 Å². The second-order valence-electron chi connectivity index (χ2n) is 6.13. The lowest BCUT2D eigenvalue weighted by atomic mass is 10.1. The molecule has 0 aromatic heterocycles. The largest absolute Gasteiger partial charge is 0.324 e. The molecule has 130 valence electrons. The van der Waals surface area contributed by atoms with Gasteiger partial charge >= 0.3 is 0 Å². The highest BCUT2D eigenvalue weighted by molar-refractivity contribution is 6.30. The van der Waals surface area contributed by atoms with Gasteiger partial charge < -0.3 is 10.2 Å². The molecule has 0 spiro atoms. The van der Waals surface area contributed by atoms with E-state index in [1.165, 1.54) is 25.1 Å². The van der Waals surface area contributed by atoms with Gasteiger partial charge in [-0.05, 0) is 48.7 Å². The van der Waals surface area contributed by atoms with Gasteiger partial charge in [0.05, 0.1) is 17.8 Å². The Labute approximate surface area is 150 Å². The fourth-order valence-electron chi connectivity index (χ4n) is 2.76. The second kappa shape index (κ2) is 7.23. The summed E-state index contributed by atoms with van der Waals surface area (Å²) in [5.74, 6) is -0.874. The molecule has 0 atom stereocenters. The van der Waals surface area contributed by atoms with Crippen LogP contribution in [0.1, 0.15) is 25.3 Å². The van der Waals surface area contributed by atoms with E-state index in [2.05, 4.69) is 5.32 Å². The Kier molecular flexibility index (Phi) is 5.04. The normalized spacial score (nSPS) is 13.4. The van der Waals surface area contributed by atoms with Gasteiger partial charge in [-0.15, -0.1) is 0 Å². The van der Waals surface area contributed by atoms with Gasteiger partial charge in [-0.1, -0.05) is 23.7 Å². The van der Waals surface area contributed by atoms with E-state index in [1.54, 1.807) is 29.2 Å². The molecule has 4 nitrogen and oxygen atoms in total. The van der Waals surface area contributed by atoms with Gasteiger partial charge in [0.15, 0.2) is 0 Å². The van der Waals surface area contributed by atoms with E-state index >= 15 is 0 Å².